The second-order valence-corrected chi connectivity index (χ2v) is 4.87. The number of aromatic nitrogens is 3. The van der Waals surface area contributed by atoms with Crippen LogP contribution in [0.25, 0.3) is 23.2 Å². The number of carboxylic acids is 1. The first-order valence-corrected chi connectivity index (χ1v) is 6.73. The minimum atomic E-state index is -0.950. The second kappa shape index (κ2) is 5.72. The van der Waals surface area contributed by atoms with Gasteiger partial charge in [-0.05, 0) is 29.3 Å². The Labute approximate surface area is 131 Å². The highest BCUT2D eigenvalue weighted by atomic mass is 16.4. The van der Waals surface area contributed by atoms with Crippen LogP contribution in [0.1, 0.15) is 21.5 Å². The first-order chi connectivity index (χ1) is 11.0. The van der Waals surface area contributed by atoms with Crippen molar-refractivity contribution in [2.24, 2.45) is 0 Å². The fourth-order valence-corrected chi connectivity index (χ4v) is 2.09. The van der Waals surface area contributed by atoms with Crippen molar-refractivity contribution in [2.75, 3.05) is 11.5 Å². The van der Waals surface area contributed by atoms with E-state index in [1.54, 1.807) is 30.5 Å². The van der Waals surface area contributed by atoms with E-state index in [4.69, 9.17) is 16.6 Å². The van der Waals surface area contributed by atoms with Gasteiger partial charge in [0.05, 0.1) is 10.9 Å². The van der Waals surface area contributed by atoms with E-state index in [2.05, 4.69) is 15.0 Å². The number of nitrogens with two attached hydrogens (primary N) is 2. The third kappa shape index (κ3) is 3.08. The molecule has 0 aliphatic carbocycles. The molecule has 0 radical (unpaired) electrons. The lowest BCUT2D eigenvalue weighted by Gasteiger charge is -2.02. The van der Waals surface area contributed by atoms with Crippen LogP contribution in [0.5, 0.6) is 0 Å². The number of carbonyl (C=O) groups is 1. The molecular weight excluding hydrogens is 294 g/mol. The fraction of sp³-hybridized carbons (Fsp3) is 0. The van der Waals surface area contributed by atoms with E-state index in [0.29, 0.717) is 11.0 Å². The molecule has 114 valence electrons. The Morgan fingerprint density at radius 3 is 2.43 bits per heavy atom. The summed E-state index contributed by atoms with van der Waals surface area (Å²) in [4.78, 5) is 23.0. The Morgan fingerprint density at radius 2 is 1.74 bits per heavy atom. The Hall–Kier alpha value is -3.48. The lowest BCUT2D eigenvalue weighted by molar-refractivity contribution is 0.0697. The smallest absolute Gasteiger partial charge is 0.335 e. The number of aromatic carboxylic acids is 1. The molecule has 0 saturated heterocycles. The van der Waals surface area contributed by atoms with Gasteiger partial charge in [0.2, 0.25) is 5.95 Å². The number of nitrogens with zero attached hydrogens (tertiary/aromatic N) is 3. The van der Waals surface area contributed by atoms with Gasteiger partial charge in [-0.1, -0.05) is 24.3 Å². The van der Waals surface area contributed by atoms with Crippen LogP contribution in [-0.2, 0) is 0 Å². The van der Waals surface area contributed by atoms with Gasteiger partial charge >= 0.3 is 5.97 Å². The highest BCUT2D eigenvalue weighted by Crippen LogP contribution is 2.19. The average molecular weight is 307 g/mol. The van der Waals surface area contributed by atoms with Gasteiger partial charge in [0.15, 0.2) is 5.65 Å². The monoisotopic (exact) mass is 307 g/mol. The largest absolute Gasteiger partial charge is 0.478 e. The van der Waals surface area contributed by atoms with Gasteiger partial charge in [-0.3, -0.25) is 0 Å². The molecule has 3 rings (SSSR count). The summed E-state index contributed by atoms with van der Waals surface area (Å²) in [6, 6.07) is 8.38. The van der Waals surface area contributed by atoms with Gasteiger partial charge in [0.1, 0.15) is 5.82 Å². The summed E-state index contributed by atoms with van der Waals surface area (Å²) < 4.78 is 0. The van der Waals surface area contributed by atoms with E-state index < -0.39 is 5.97 Å². The molecule has 2 heterocycles. The summed E-state index contributed by atoms with van der Waals surface area (Å²) in [5.41, 5.74) is 13.7. The van der Waals surface area contributed by atoms with Crippen molar-refractivity contribution in [3.8, 4) is 0 Å². The lowest BCUT2D eigenvalue weighted by Crippen LogP contribution is -2.01. The fourth-order valence-electron chi connectivity index (χ4n) is 2.09. The quantitative estimate of drug-likeness (QED) is 0.675. The van der Waals surface area contributed by atoms with E-state index >= 15 is 0 Å². The highest BCUT2D eigenvalue weighted by Gasteiger charge is 2.05. The van der Waals surface area contributed by atoms with Crippen LogP contribution in [0.4, 0.5) is 11.8 Å². The van der Waals surface area contributed by atoms with Crippen molar-refractivity contribution in [1.82, 2.24) is 15.0 Å². The minimum Gasteiger partial charge on any atom is -0.478 e. The zero-order chi connectivity index (χ0) is 16.4. The number of anilines is 2. The molecule has 5 N–H and O–H groups in total. The van der Waals surface area contributed by atoms with E-state index in [1.165, 1.54) is 0 Å². The Bertz CT molecular complexity index is 920. The molecule has 7 nitrogen and oxygen atoms in total. The summed E-state index contributed by atoms with van der Waals surface area (Å²) in [7, 11) is 0. The van der Waals surface area contributed by atoms with Gasteiger partial charge in [-0.2, -0.15) is 9.97 Å². The van der Waals surface area contributed by atoms with Gasteiger partial charge in [-0.25, -0.2) is 9.78 Å². The molecule has 3 aromatic rings. The number of nitrogen functional groups attached to an aromatic ring is 2. The van der Waals surface area contributed by atoms with Crippen molar-refractivity contribution in [1.29, 1.82) is 0 Å². The minimum absolute atomic E-state index is 0.0873. The molecule has 0 aliphatic heterocycles. The number of benzene rings is 1. The molecule has 0 amide bonds. The van der Waals surface area contributed by atoms with Gasteiger partial charge in [0.25, 0.3) is 0 Å². The molecule has 0 spiro atoms. The number of rotatable bonds is 3. The predicted molar refractivity (Wildman–Crippen MR) is 88.5 cm³/mol. The first-order valence-electron chi connectivity index (χ1n) is 6.73. The molecule has 7 heteroatoms. The SMILES string of the molecule is Nc1nc(N)c2cc(/C=C/c3ccc(C(=O)O)cc3)cnc2n1. The maximum Gasteiger partial charge on any atom is 0.335 e. The number of carboxylic acid groups (broad SMARTS) is 1. The zero-order valence-electron chi connectivity index (χ0n) is 12.0. The van der Waals surface area contributed by atoms with Crippen molar-refractivity contribution in [2.45, 2.75) is 0 Å². The van der Waals surface area contributed by atoms with Crippen LogP contribution in [0.3, 0.4) is 0 Å². The molecule has 2 aromatic heterocycles. The van der Waals surface area contributed by atoms with E-state index in [9.17, 15) is 4.79 Å². The maximum atomic E-state index is 10.8. The topological polar surface area (TPSA) is 128 Å². The number of hydrogen-bond acceptors (Lipinski definition) is 6. The zero-order valence-corrected chi connectivity index (χ0v) is 12.0. The Morgan fingerprint density at radius 1 is 1.04 bits per heavy atom. The summed E-state index contributed by atoms with van der Waals surface area (Å²) in [5, 5.41) is 9.50. The first kappa shape index (κ1) is 14.5. The number of fused-ring (bicyclic) bond motifs is 1. The van der Waals surface area contributed by atoms with Gasteiger partial charge < -0.3 is 16.6 Å². The molecule has 0 saturated carbocycles. The van der Waals surface area contributed by atoms with Gasteiger partial charge in [-0.15, -0.1) is 0 Å². The van der Waals surface area contributed by atoms with E-state index in [0.717, 1.165) is 11.1 Å². The normalized spacial score (nSPS) is 11.1. The second-order valence-electron chi connectivity index (χ2n) is 4.87. The molecule has 0 bridgehead atoms. The number of pyridine rings is 1. The third-order valence-electron chi connectivity index (χ3n) is 3.25. The average Bonchev–Trinajstić information content (AvgIpc) is 2.53. The molecule has 1 aromatic carbocycles. The third-order valence-corrected chi connectivity index (χ3v) is 3.25. The molecule has 0 aliphatic rings. The van der Waals surface area contributed by atoms with Crippen molar-refractivity contribution in [3.63, 3.8) is 0 Å². The molecule has 0 atom stereocenters. The van der Waals surface area contributed by atoms with Crippen LogP contribution >= 0.6 is 0 Å². The number of hydrogen-bond donors (Lipinski definition) is 3. The van der Waals surface area contributed by atoms with Crippen LogP contribution < -0.4 is 11.5 Å². The summed E-state index contributed by atoms with van der Waals surface area (Å²) in [5.74, 6) is -0.584. The van der Waals surface area contributed by atoms with Gasteiger partial charge in [0, 0.05) is 6.20 Å². The lowest BCUT2D eigenvalue weighted by atomic mass is 10.1. The molecule has 23 heavy (non-hydrogen) atoms. The summed E-state index contributed by atoms with van der Waals surface area (Å²) in [6.07, 6.45) is 5.34. The van der Waals surface area contributed by atoms with E-state index in [-0.39, 0.29) is 17.3 Å². The van der Waals surface area contributed by atoms with Crippen LogP contribution in [0.15, 0.2) is 36.5 Å². The highest BCUT2D eigenvalue weighted by molar-refractivity contribution is 5.89. The summed E-state index contributed by atoms with van der Waals surface area (Å²) >= 11 is 0. The van der Waals surface area contributed by atoms with Crippen molar-refractivity contribution >= 4 is 40.9 Å². The van der Waals surface area contributed by atoms with E-state index in [1.807, 2.05) is 18.2 Å². The van der Waals surface area contributed by atoms with Crippen molar-refractivity contribution in [3.05, 3.63) is 53.2 Å². The van der Waals surface area contributed by atoms with Crippen LogP contribution in [0.2, 0.25) is 0 Å². The standard InChI is InChI=1S/C16H13N5O2/c17-13-12-7-10(8-19-14(12)21-16(18)20-13)2-1-9-3-5-11(6-4-9)15(22)23/h1-8H,(H,22,23)(H4,17,18,19,20,21)/b2-1+. The maximum absolute atomic E-state index is 10.8. The summed E-state index contributed by atoms with van der Waals surface area (Å²) in [6.45, 7) is 0. The van der Waals surface area contributed by atoms with Crippen LogP contribution in [0, 0.1) is 0 Å². The van der Waals surface area contributed by atoms with Crippen molar-refractivity contribution < 1.29 is 9.90 Å². The molecule has 0 unspecified atom stereocenters. The Balaban J connectivity index is 1.90. The molecular formula is C16H13N5O2. The molecule has 0 fully saturated rings. The Kier molecular flexibility index (Phi) is 3.60. The predicted octanol–water partition coefficient (Wildman–Crippen LogP) is 2.06. The van der Waals surface area contributed by atoms with Crippen LogP contribution in [-0.4, -0.2) is 26.0 Å².